The lowest BCUT2D eigenvalue weighted by Crippen LogP contribution is -2.28. The SMILES string of the molecule is COc1cc([N+](=O)[O-])ccc1-c1ccc(/C=C2\SC(=Nc3ccccc3)N(Cc3ccco3)C2=O)o1. The number of ether oxygens (including phenoxy) is 1. The molecule has 2 aromatic heterocycles. The van der Waals surface area contributed by atoms with Crippen LogP contribution in [0, 0.1) is 10.1 Å². The van der Waals surface area contributed by atoms with E-state index < -0.39 is 4.92 Å². The van der Waals surface area contributed by atoms with E-state index in [2.05, 4.69) is 4.99 Å². The van der Waals surface area contributed by atoms with E-state index in [9.17, 15) is 14.9 Å². The third kappa shape index (κ3) is 4.80. The van der Waals surface area contributed by atoms with Crippen molar-refractivity contribution >= 4 is 40.3 Å². The summed E-state index contributed by atoms with van der Waals surface area (Å²) in [6.45, 7) is 0.241. The topological polar surface area (TPSA) is 111 Å². The van der Waals surface area contributed by atoms with Gasteiger partial charge in [-0.15, -0.1) is 0 Å². The average Bonchev–Trinajstić information content (AvgIpc) is 3.63. The molecule has 2 aromatic carbocycles. The number of hydrogen-bond donors (Lipinski definition) is 0. The van der Waals surface area contributed by atoms with Crippen molar-refractivity contribution in [3.8, 4) is 17.1 Å². The first-order chi connectivity index (χ1) is 17.5. The zero-order valence-corrected chi connectivity index (χ0v) is 19.8. The van der Waals surface area contributed by atoms with Crippen molar-refractivity contribution in [2.45, 2.75) is 6.54 Å². The smallest absolute Gasteiger partial charge is 0.273 e. The number of thioether (sulfide) groups is 1. The Hall–Kier alpha value is -4.57. The van der Waals surface area contributed by atoms with Crippen molar-refractivity contribution in [2.75, 3.05) is 7.11 Å². The van der Waals surface area contributed by atoms with Gasteiger partial charge in [-0.2, -0.15) is 0 Å². The quantitative estimate of drug-likeness (QED) is 0.167. The van der Waals surface area contributed by atoms with Crippen LogP contribution < -0.4 is 4.74 Å². The number of amidine groups is 1. The molecule has 1 saturated heterocycles. The highest BCUT2D eigenvalue weighted by Gasteiger charge is 2.34. The molecular formula is C26H19N3O6S. The van der Waals surface area contributed by atoms with Crippen LogP contribution in [0.4, 0.5) is 11.4 Å². The molecule has 4 aromatic rings. The Morgan fingerprint density at radius 1 is 1.11 bits per heavy atom. The predicted molar refractivity (Wildman–Crippen MR) is 136 cm³/mol. The highest BCUT2D eigenvalue weighted by Crippen LogP contribution is 2.38. The lowest BCUT2D eigenvalue weighted by molar-refractivity contribution is -0.384. The molecule has 180 valence electrons. The largest absolute Gasteiger partial charge is 0.496 e. The molecule has 0 atom stereocenters. The van der Waals surface area contributed by atoms with Gasteiger partial charge < -0.3 is 13.6 Å². The zero-order chi connectivity index (χ0) is 25.1. The number of rotatable bonds is 7. The van der Waals surface area contributed by atoms with Crippen LogP contribution in [-0.4, -0.2) is 28.0 Å². The first-order valence-corrected chi connectivity index (χ1v) is 11.6. The number of nitro groups is 1. The molecule has 0 spiro atoms. The predicted octanol–water partition coefficient (Wildman–Crippen LogP) is 6.26. The summed E-state index contributed by atoms with van der Waals surface area (Å²) in [7, 11) is 1.43. The molecule has 5 rings (SSSR count). The second kappa shape index (κ2) is 9.96. The van der Waals surface area contributed by atoms with Crippen molar-refractivity contribution in [3.63, 3.8) is 0 Å². The zero-order valence-electron chi connectivity index (χ0n) is 19.0. The van der Waals surface area contributed by atoms with Gasteiger partial charge in [0, 0.05) is 12.1 Å². The summed E-state index contributed by atoms with van der Waals surface area (Å²) in [5, 5.41) is 11.6. The van der Waals surface area contributed by atoms with Gasteiger partial charge in [-0.3, -0.25) is 19.8 Å². The van der Waals surface area contributed by atoms with Crippen molar-refractivity contribution in [3.05, 3.63) is 106 Å². The number of carbonyl (C=O) groups is 1. The number of amides is 1. The third-order valence-electron chi connectivity index (χ3n) is 5.32. The van der Waals surface area contributed by atoms with Crippen LogP contribution in [0.25, 0.3) is 17.4 Å². The van der Waals surface area contributed by atoms with Gasteiger partial charge in [0.1, 0.15) is 23.0 Å². The molecule has 0 N–H and O–H groups in total. The van der Waals surface area contributed by atoms with Gasteiger partial charge in [0.25, 0.3) is 11.6 Å². The molecule has 0 aliphatic carbocycles. The number of methoxy groups -OCH3 is 1. The van der Waals surface area contributed by atoms with Crippen LogP contribution in [0.1, 0.15) is 11.5 Å². The third-order valence-corrected chi connectivity index (χ3v) is 6.33. The second-order valence-electron chi connectivity index (χ2n) is 7.65. The number of hydrogen-bond acceptors (Lipinski definition) is 8. The minimum absolute atomic E-state index is 0.0840. The van der Waals surface area contributed by atoms with Gasteiger partial charge >= 0.3 is 0 Å². The maximum absolute atomic E-state index is 13.3. The molecule has 1 fully saturated rings. The number of carbonyl (C=O) groups excluding carboxylic acids is 1. The van der Waals surface area contributed by atoms with E-state index >= 15 is 0 Å². The molecular weight excluding hydrogens is 482 g/mol. The first-order valence-electron chi connectivity index (χ1n) is 10.8. The van der Waals surface area contributed by atoms with Gasteiger partial charge in [-0.05, 0) is 54.2 Å². The van der Waals surface area contributed by atoms with E-state index in [4.69, 9.17) is 13.6 Å². The van der Waals surface area contributed by atoms with Crippen molar-refractivity contribution in [2.24, 2.45) is 4.99 Å². The Labute approximate surface area is 209 Å². The number of non-ortho nitro benzene ring substituents is 1. The van der Waals surface area contributed by atoms with Gasteiger partial charge in [0.15, 0.2) is 5.17 Å². The van der Waals surface area contributed by atoms with E-state index in [-0.39, 0.29) is 18.1 Å². The van der Waals surface area contributed by atoms with Crippen molar-refractivity contribution < 1.29 is 23.3 Å². The summed E-state index contributed by atoms with van der Waals surface area (Å²) < 4.78 is 16.7. The minimum atomic E-state index is -0.490. The maximum atomic E-state index is 13.3. The summed E-state index contributed by atoms with van der Waals surface area (Å²) in [5.74, 6) is 1.62. The van der Waals surface area contributed by atoms with Gasteiger partial charge in [0.05, 0.1) is 47.1 Å². The number of para-hydroxylation sites is 1. The molecule has 10 heteroatoms. The Kier molecular flexibility index (Phi) is 6.42. The fourth-order valence-electron chi connectivity index (χ4n) is 3.60. The molecule has 1 aliphatic heterocycles. The van der Waals surface area contributed by atoms with Crippen molar-refractivity contribution in [1.29, 1.82) is 0 Å². The van der Waals surface area contributed by atoms with E-state index in [0.717, 1.165) is 5.69 Å². The lowest BCUT2D eigenvalue weighted by Gasteiger charge is -2.13. The molecule has 36 heavy (non-hydrogen) atoms. The Morgan fingerprint density at radius 3 is 2.67 bits per heavy atom. The van der Waals surface area contributed by atoms with Gasteiger partial charge in [-0.1, -0.05) is 18.2 Å². The van der Waals surface area contributed by atoms with Crippen LogP contribution in [-0.2, 0) is 11.3 Å². The van der Waals surface area contributed by atoms with E-state index in [1.54, 1.807) is 47.6 Å². The summed E-state index contributed by atoms with van der Waals surface area (Å²) in [6, 6.07) is 20.7. The van der Waals surface area contributed by atoms with Crippen LogP contribution in [0.15, 0.2) is 97.8 Å². The highest BCUT2D eigenvalue weighted by molar-refractivity contribution is 8.18. The maximum Gasteiger partial charge on any atom is 0.273 e. The fourth-order valence-corrected chi connectivity index (χ4v) is 4.58. The number of nitrogens with zero attached hydrogens (tertiary/aromatic N) is 3. The number of nitro benzene ring substituents is 1. The number of benzene rings is 2. The molecule has 0 unspecified atom stereocenters. The van der Waals surface area contributed by atoms with Crippen molar-refractivity contribution in [1.82, 2.24) is 4.90 Å². The van der Waals surface area contributed by atoms with Gasteiger partial charge in [-0.25, -0.2) is 4.99 Å². The van der Waals surface area contributed by atoms with Crippen LogP contribution >= 0.6 is 11.8 Å². The molecule has 9 nitrogen and oxygen atoms in total. The second-order valence-corrected chi connectivity index (χ2v) is 8.66. The number of aliphatic imine (C=N–C) groups is 1. The molecule has 0 radical (unpaired) electrons. The standard InChI is InChI=1S/C26H19N3O6S/c1-33-23-14-18(29(31)32)9-11-21(23)22-12-10-19(35-22)15-24-25(30)28(16-20-8-5-13-34-20)26(36-24)27-17-6-3-2-4-7-17/h2-15H,16H2,1H3/b24-15-,27-26?. The van der Waals surface area contributed by atoms with Crippen LogP contribution in [0.2, 0.25) is 0 Å². The summed E-state index contributed by atoms with van der Waals surface area (Å²) in [4.78, 5) is 30.6. The molecule has 0 saturated carbocycles. The Morgan fingerprint density at radius 2 is 1.94 bits per heavy atom. The highest BCUT2D eigenvalue weighted by atomic mass is 32.2. The van der Waals surface area contributed by atoms with E-state index in [1.807, 2.05) is 30.3 Å². The Bertz CT molecular complexity index is 1470. The summed E-state index contributed by atoms with van der Waals surface area (Å²) in [5.41, 5.74) is 1.20. The fraction of sp³-hybridized carbons (Fsp3) is 0.0769. The average molecular weight is 502 g/mol. The normalized spacial score (nSPS) is 15.7. The monoisotopic (exact) mass is 501 g/mol. The molecule has 1 amide bonds. The molecule has 0 bridgehead atoms. The van der Waals surface area contributed by atoms with E-state index in [1.165, 1.54) is 31.0 Å². The molecule has 1 aliphatic rings. The Balaban J connectivity index is 1.45. The van der Waals surface area contributed by atoms with Gasteiger partial charge in [0.2, 0.25) is 0 Å². The summed E-state index contributed by atoms with van der Waals surface area (Å²) >= 11 is 1.24. The first kappa shape index (κ1) is 23.2. The summed E-state index contributed by atoms with van der Waals surface area (Å²) in [6.07, 6.45) is 3.21. The lowest BCUT2D eigenvalue weighted by atomic mass is 10.1. The molecule has 3 heterocycles. The van der Waals surface area contributed by atoms with Crippen LogP contribution in [0.3, 0.4) is 0 Å². The number of furan rings is 2. The van der Waals surface area contributed by atoms with E-state index in [0.29, 0.717) is 38.7 Å². The minimum Gasteiger partial charge on any atom is -0.496 e. The van der Waals surface area contributed by atoms with Crippen LogP contribution in [0.5, 0.6) is 5.75 Å².